The molecule has 4 heteroatoms. The quantitative estimate of drug-likeness (QED) is 0.758. The van der Waals surface area contributed by atoms with Crippen LogP contribution in [0.15, 0.2) is 21.0 Å². The Labute approximate surface area is 134 Å². The summed E-state index contributed by atoms with van der Waals surface area (Å²) < 4.78 is 6.99. The van der Waals surface area contributed by atoms with Crippen LogP contribution in [0.2, 0.25) is 5.02 Å². The molecular weight excluding hydrogens is 338 g/mol. The van der Waals surface area contributed by atoms with Crippen molar-refractivity contribution in [2.24, 2.45) is 5.92 Å². The number of halogens is 2. The van der Waals surface area contributed by atoms with Crippen molar-refractivity contribution in [1.82, 2.24) is 5.32 Å². The van der Waals surface area contributed by atoms with Crippen molar-refractivity contribution in [1.29, 1.82) is 0 Å². The van der Waals surface area contributed by atoms with Crippen LogP contribution in [0.5, 0.6) is 0 Å². The zero-order valence-electron chi connectivity index (χ0n) is 12.4. The highest BCUT2D eigenvalue weighted by Crippen LogP contribution is 2.35. The summed E-state index contributed by atoms with van der Waals surface area (Å²) in [7, 11) is 0. The number of fused-ring (bicyclic) bond motifs is 1. The topological polar surface area (TPSA) is 25.2 Å². The summed E-state index contributed by atoms with van der Waals surface area (Å²) in [6.45, 7) is 9.46. The first-order valence-electron chi connectivity index (χ1n) is 7.01. The van der Waals surface area contributed by atoms with Gasteiger partial charge < -0.3 is 9.73 Å². The van der Waals surface area contributed by atoms with Crippen LogP contribution in [0.1, 0.15) is 39.0 Å². The van der Waals surface area contributed by atoms with Crippen molar-refractivity contribution >= 4 is 38.5 Å². The highest BCUT2D eigenvalue weighted by atomic mass is 79.9. The maximum Gasteiger partial charge on any atom is 0.148 e. The third kappa shape index (κ3) is 3.57. The van der Waals surface area contributed by atoms with E-state index in [0.717, 1.165) is 39.2 Å². The highest BCUT2D eigenvalue weighted by molar-refractivity contribution is 9.10. The Morgan fingerprint density at radius 1 is 1.25 bits per heavy atom. The van der Waals surface area contributed by atoms with Gasteiger partial charge in [-0.25, -0.2) is 0 Å². The minimum atomic E-state index is 0.433. The monoisotopic (exact) mass is 357 g/mol. The average Bonchev–Trinajstić information content (AvgIpc) is 2.65. The molecule has 1 aromatic carbocycles. The summed E-state index contributed by atoms with van der Waals surface area (Å²) >= 11 is 9.72. The lowest BCUT2D eigenvalue weighted by Crippen LogP contribution is -2.22. The summed E-state index contributed by atoms with van der Waals surface area (Å²) in [6, 6.07) is 4.32. The van der Waals surface area contributed by atoms with Crippen LogP contribution < -0.4 is 5.32 Å². The molecule has 1 heterocycles. The molecule has 1 N–H and O–H groups in total. The van der Waals surface area contributed by atoms with E-state index in [4.69, 9.17) is 16.0 Å². The Morgan fingerprint density at radius 2 is 1.95 bits per heavy atom. The Kier molecular flexibility index (Phi) is 5.16. The highest BCUT2D eigenvalue weighted by Gasteiger charge is 2.18. The maximum absolute atomic E-state index is 6.18. The van der Waals surface area contributed by atoms with E-state index in [1.807, 2.05) is 12.1 Å². The SMILES string of the molecule is CC(C)Cc1c(CNC(C)C)oc2c(Br)cc(Cl)cc12. The summed E-state index contributed by atoms with van der Waals surface area (Å²) in [5, 5.41) is 5.29. The number of benzene rings is 1. The van der Waals surface area contributed by atoms with Crippen LogP contribution in [-0.2, 0) is 13.0 Å². The van der Waals surface area contributed by atoms with Crippen molar-refractivity contribution in [3.63, 3.8) is 0 Å². The van der Waals surface area contributed by atoms with Crippen LogP contribution in [-0.4, -0.2) is 6.04 Å². The van der Waals surface area contributed by atoms with Gasteiger partial charge in [0.25, 0.3) is 0 Å². The van der Waals surface area contributed by atoms with Gasteiger partial charge in [-0.3, -0.25) is 0 Å². The second-order valence-corrected chi connectivity index (χ2v) is 7.19. The predicted octanol–water partition coefficient (Wildman–Crippen LogP) is 5.55. The van der Waals surface area contributed by atoms with E-state index in [9.17, 15) is 0 Å². The molecule has 0 amide bonds. The summed E-state index contributed by atoms with van der Waals surface area (Å²) in [5.41, 5.74) is 2.16. The lowest BCUT2D eigenvalue weighted by atomic mass is 9.99. The minimum absolute atomic E-state index is 0.433. The smallest absolute Gasteiger partial charge is 0.148 e. The fourth-order valence-electron chi connectivity index (χ4n) is 2.29. The van der Waals surface area contributed by atoms with Gasteiger partial charge in [0.2, 0.25) is 0 Å². The molecule has 110 valence electrons. The summed E-state index contributed by atoms with van der Waals surface area (Å²) in [6.07, 6.45) is 0.995. The van der Waals surface area contributed by atoms with Crippen molar-refractivity contribution in [3.05, 3.63) is 33.0 Å². The van der Waals surface area contributed by atoms with E-state index in [0.29, 0.717) is 12.0 Å². The fraction of sp³-hybridized carbons (Fsp3) is 0.500. The third-order valence-electron chi connectivity index (χ3n) is 3.18. The molecule has 2 nitrogen and oxygen atoms in total. The standard InChI is InChI=1S/C16H21BrClNO/c1-9(2)5-12-13-6-11(18)7-14(17)16(13)20-15(12)8-19-10(3)4/h6-7,9-10,19H,5,8H2,1-4H3. The molecule has 0 radical (unpaired) electrons. The number of rotatable bonds is 5. The molecule has 0 saturated carbocycles. The van der Waals surface area contributed by atoms with Gasteiger partial charge in [0, 0.05) is 22.0 Å². The second kappa shape index (κ2) is 6.50. The van der Waals surface area contributed by atoms with Crippen LogP contribution in [0.4, 0.5) is 0 Å². The van der Waals surface area contributed by atoms with E-state index in [1.54, 1.807) is 0 Å². The lowest BCUT2D eigenvalue weighted by Gasteiger charge is -2.09. The van der Waals surface area contributed by atoms with Gasteiger partial charge in [-0.05, 0) is 40.4 Å². The van der Waals surface area contributed by atoms with Crippen molar-refractivity contribution < 1.29 is 4.42 Å². The number of furan rings is 1. The molecule has 0 spiro atoms. The molecule has 0 aliphatic heterocycles. The molecule has 2 rings (SSSR count). The summed E-state index contributed by atoms with van der Waals surface area (Å²) in [4.78, 5) is 0. The molecule has 0 aliphatic carbocycles. The van der Waals surface area contributed by atoms with Gasteiger partial charge in [0.05, 0.1) is 11.0 Å². The first-order valence-corrected chi connectivity index (χ1v) is 8.18. The van der Waals surface area contributed by atoms with Crippen LogP contribution in [0.3, 0.4) is 0 Å². The lowest BCUT2D eigenvalue weighted by molar-refractivity contribution is 0.478. The van der Waals surface area contributed by atoms with E-state index in [2.05, 4.69) is 48.9 Å². The largest absolute Gasteiger partial charge is 0.458 e. The number of nitrogens with one attached hydrogen (secondary N) is 1. The molecule has 0 saturated heterocycles. The van der Waals surface area contributed by atoms with Crippen molar-refractivity contribution in [2.45, 2.75) is 46.7 Å². The Hall–Kier alpha value is -0.510. The van der Waals surface area contributed by atoms with E-state index < -0.39 is 0 Å². The van der Waals surface area contributed by atoms with E-state index >= 15 is 0 Å². The Morgan fingerprint density at radius 3 is 2.55 bits per heavy atom. The third-order valence-corrected chi connectivity index (χ3v) is 3.99. The zero-order valence-corrected chi connectivity index (χ0v) is 14.7. The minimum Gasteiger partial charge on any atom is -0.458 e. The van der Waals surface area contributed by atoms with Gasteiger partial charge in [0.15, 0.2) is 0 Å². The van der Waals surface area contributed by atoms with Crippen molar-refractivity contribution in [3.8, 4) is 0 Å². The number of hydrogen-bond donors (Lipinski definition) is 1. The van der Waals surface area contributed by atoms with Gasteiger partial charge in [0.1, 0.15) is 11.3 Å². The summed E-state index contributed by atoms with van der Waals surface area (Å²) in [5.74, 6) is 1.59. The molecule has 2 aromatic rings. The molecule has 20 heavy (non-hydrogen) atoms. The van der Waals surface area contributed by atoms with Crippen LogP contribution >= 0.6 is 27.5 Å². The average molecular weight is 359 g/mol. The predicted molar refractivity (Wildman–Crippen MR) is 89.4 cm³/mol. The fourth-order valence-corrected chi connectivity index (χ4v) is 3.19. The van der Waals surface area contributed by atoms with Gasteiger partial charge >= 0.3 is 0 Å². The molecular formula is C16H21BrClNO. The molecule has 1 aromatic heterocycles. The van der Waals surface area contributed by atoms with E-state index in [1.165, 1.54) is 5.56 Å². The molecule has 0 atom stereocenters. The number of hydrogen-bond acceptors (Lipinski definition) is 2. The normalized spacial score (nSPS) is 12.0. The van der Waals surface area contributed by atoms with Gasteiger partial charge in [-0.2, -0.15) is 0 Å². The second-order valence-electron chi connectivity index (χ2n) is 5.90. The van der Waals surface area contributed by atoms with Gasteiger partial charge in [-0.1, -0.05) is 39.3 Å². The molecule has 0 fully saturated rings. The zero-order chi connectivity index (χ0) is 14.9. The van der Waals surface area contributed by atoms with Gasteiger partial charge in [-0.15, -0.1) is 0 Å². The van der Waals surface area contributed by atoms with Crippen molar-refractivity contribution in [2.75, 3.05) is 0 Å². The van der Waals surface area contributed by atoms with Crippen LogP contribution in [0.25, 0.3) is 11.0 Å². The maximum atomic E-state index is 6.18. The molecule has 0 bridgehead atoms. The first kappa shape index (κ1) is 15.9. The first-order chi connectivity index (χ1) is 9.38. The molecule has 0 aliphatic rings. The van der Waals surface area contributed by atoms with E-state index in [-0.39, 0.29) is 0 Å². The Balaban J connectivity index is 2.51. The molecule has 0 unspecified atom stereocenters. The van der Waals surface area contributed by atoms with Crippen LogP contribution in [0, 0.1) is 5.92 Å². The Bertz CT molecular complexity index is 604.